The van der Waals surface area contributed by atoms with Crippen LogP contribution in [0.5, 0.6) is 0 Å². The molecule has 2 amide bonds. The number of hydrogen-bond donors (Lipinski definition) is 3. The second-order valence-corrected chi connectivity index (χ2v) is 10.7. The minimum absolute atomic E-state index is 0.0251. The molecule has 0 spiro atoms. The van der Waals surface area contributed by atoms with Gasteiger partial charge in [0.1, 0.15) is 5.69 Å². The number of carbonyl (C=O) groups is 2. The Labute approximate surface area is 215 Å². The molecule has 1 aliphatic rings. The van der Waals surface area contributed by atoms with Gasteiger partial charge < -0.3 is 20.4 Å². The van der Waals surface area contributed by atoms with E-state index in [4.69, 9.17) is 0 Å². The summed E-state index contributed by atoms with van der Waals surface area (Å²) in [5, 5.41) is 5.88. The minimum Gasteiger partial charge on any atom is -0.348 e. The molecule has 2 aromatic heterocycles. The monoisotopic (exact) mass is 524 g/mol. The van der Waals surface area contributed by atoms with Crippen LogP contribution in [-0.2, 0) is 21.4 Å². The van der Waals surface area contributed by atoms with E-state index in [0.29, 0.717) is 17.2 Å². The number of sulfonamides is 1. The number of nitrogens with one attached hydrogen (secondary N) is 3. The summed E-state index contributed by atoms with van der Waals surface area (Å²) in [5.41, 5.74) is 2.29. The number of benzene rings is 1. The minimum atomic E-state index is -3.60. The van der Waals surface area contributed by atoms with E-state index in [1.165, 1.54) is 11.0 Å². The van der Waals surface area contributed by atoms with Crippen LogP contribution in [0.15, 0.2) is 48.9 Å². The van der Waals surface area contributed by atoms with Gasteiger partial charge in [0.05, 0.1) is 24.7 Å². The molecule has 0 aliphatic carbocycles. The van der Waals surface area contributed by atoms with Crippen LogP contribution in [-0.4, -0.2) is 61.1 Å². The summed E-state index contributed by atoms with van der Waals surface area (Å²) < 4.78 is 26.2. The van der Waals surface area contributed by atoms with Crippen LogP contribution < -0.4 is 25.2 Å². The largest absolute Gasteiger partial charge is 0.348 e. The maximum absolute atomic E-state index is 12.9. The smallest absolute Gasteiger partial charge is 0.251 e. The highest BCUT2D eigenvalue weighted by molar-refractivity contribution is 7.92. The van der Waals surface area contributed by atoms with E-state index in [9.17, 15) is 18.0 Å². The maximum Gasteiger partial charge on any atom is 0.251 e. The van der Waals surface area contributed by atoms with Gasteiger partial charge in [-0.1, -0.05) is 0 Å². The van der Waals surface area contributed by atoms with Gasteiger partial charge in [0, 0.05) is 43.3 Å². The number of rotatable bonds is 8. The van der Waals surface area contributed by atoms with Crippen molar-refractivity contribution in [3.05, 3.63) is 60.0 Å². The third kappa shape index (κ3) is 6.30. The number of amides is 2. The molecule has 13 heteroatoms. The van der Waals surface area contributed by atoms with Crippen molar-refractivity contribution in [2.45, 2.75) is 26.4 Å². The first kappa shape index (κ1) is 25.8. The maximum atomic E-state index is 12.9. The van der Waals surface area contributed by atoms with E-state index >= 15 is 0 Å². The Hall–Kier alpha value is -4.26. The van der Waals surface area contributed by atoms with Crippen LogP contribution >= 0.6 is 0 Å². The third-order valence-corrected chi connectivity index (χ3v) is 6.25. The molecule has 4 rings (SSSR count). The van der Waals surface area contributed by atoms with Crippen molar-refractivity contribution >= 4 is 50.7 Å². The Kier molecular flexibility index (Phi) is 7.25. The van der Waals surface area contributed by atoms with Gasteiger partial charge >= 0.3 is 0 Å². The second kappa shape index (κ2) is 10.4. The molecular weight excluding hydrogens is 496 g/mol. The van der Waals surface area contributed by atoms with E-state index in [1.54, 1.807) is 49.9 Å². The lowest BCUT2D eigenvalue weighted by atomic mass is 10.1. The number of fused-ring (bicyclic) bond motifs is 1. The van der Waals surface area contributed by atoms with Crippen LogP contribution in [0.2, 0.25) is 0 Å². The van der Waals surface area contributed by atoms with Gasteiger partial charge in [0.25, 0.3) is 5.91 Å². The lowest BCUT2D eigenvalue weighted by molar-refractivity contribution is -0.117. The van der Waals surface area contributed by atoms with Crippen molar-refractivity contribution < 1.29 is 18.0 Å². The fourth-order valence-corrected chi connectivity index (χ4v) is 4.33. The summed E-state index contributed by atoms with van der Waals surface area (Å²) >= 11 is 0. The summed E-state index contributed by atoms with van der Waals surface area (Å²) in [6.45, 7) is 4.40. The van der Waals surface area contributed by atoms with Gasteiger partial charge in [-0.3, -0.25) is 19.3 Å². The summed E-state index contributed by atoms with van der Waals surface area (Å²) in [6, 6.07) is 8.16. The first-order valence-electron chi connectivity index (χ1n) is 11.5. The number of pyridine rings is 1. The molecule has 0 fully saturated rings. The Morgan fingerprint density at radius 3 is 2.51 bits per heavy atom. The van der Waals surface area contributed by atoms with Crippen molar-refractivity contribution in [1.29, 1.82) is 0 Å². The summed E-state index contributed by atoms with van der Waals surface area (Å²) in [4.78, 5) is 41.6. The summed E-state index contributed by atoms with van der Waals surface area (Å²) in [5.74, 6) is 0.365. The molecule has 37 heavy (non-hydrogen) atoms. The molecule has 1 aromatic carbocycles. The van der Waals surface area contributed by atoms with Crippen molar-refractivity contribution in [3.63, 3.8) is 0 Å². The van der Waals surface area contributed by atoms with Crippen molar-refractivity contribution in [3.8, 4) is 0 Å². The highest BCUT2D eigenvalue weighted by atomic mass is 32.2. The van der Waals surface area contributed by atoms with E-state index in [-0.39, 0.29) is 42.2 Å². The van der Waals surface area contributed by atoms with E-state index in [0.717, 1.165) is 11.8 Å². The Morgan fingerprint density at radius 1 is 1.14 bits per heavy atom. The van der Waals surface area contributed by atoms with Crippen LogP contribution in [0.4, 0.5) is 28.8 Å². The number of nitrogens with zero attached hydrogens (tertiary/aromatic N) is 5. The zero-order valence-electron chi connectivity index (χ0n) is 20.9. The third-order valence-electron chi connectivity index (χ3n) is 5.64. The first-order chi connectivity index (χ1) is 17.5. The predicted molar refractivity (Wildman–Crippen MR) is 142 cm³/mol. The van der Waals surface area contributed by atoms with Crippen molar-refractivity contribution in [2.24, 2.45) is 0 Å². The SMILES string of the molecule is CC(C)N1CC(=O)N(C)c2cnc(Nc3cc(NS(C)(=O)=O)cc(C(=O)NCc4ccncc4)c3)nc21. The lowest BCUT2D eigenvalue weighted by Crippen LogP contribution is -2.47. The van der Waals surface area contributed by atoms with Gasteiger partial charge in [0.15, 0.2) is 5.82 Å². The van der Waals surface area contributed by atoms with Crippen molar-refractivity contribution in [2.75, 3.05) is 39.7 Å². The van der Waals surface area contributed by atoms with E-state index < -0.39 is 15.9 Å². The molecule has 3 heterocycles. The number of aromatic nitrogens is 3. The van der Waals surface area contributed by atoms with Gasteiger partial charge in [-0.25, -0.2) is 13.4 Å². The average Bonchev–Trinajstić information content (AvgIpc) is 2.84. The van der Waals surface area contributed by atoms with Crippen LogP contribution in [0, 0.1) is 0 Å². The summed E-state index contributed by atoms with van der Waals surface area (Å²) in [6.07, 6.45) is 5.85. The average molecular weight is 525 g/mol. The standard InChI is InChI=1S/C24H28N8O4S/c1-15(2)32-14-21(33)31(3)20-13-27-24(29-22(20)32)28-18-9-17(10-19(11-18)30-37(4,35)36)23(34)26-12-16-5-7-25-8-6-16/h5-11,13,15,30H,12,14H2,1-4H3,(H,26,34)(H,27,28,29). The highest BCUT2D eigenvalue weighted by Crippen LogP contribution is 2.33. The molecule has 0 unspecified atom stereocenters. The fourth-order valence-electron chi connectivity index (χ4n) is 3.78. The Bertz CT molecular complexity index is 1430. The molecule has 0 atom stereocenters. The molecule has 0 radical (unpaired) electrons. The number of carbonyl (C=O) groups excluding carboxylic acids is 2. The number of anilines is 5. The highest BCUT2D eigenvalue weighted by Gasteiger charge is 2.30. The summed E-state index contributed by atoms with van der Waals surface area (Å²) in [7, 11) is -1.92. The van der Waals surface area contributed by atoms with E-state index in [2.05, 4.69) is 30.3 Å². The molecular formula is C24H28N8O4S. The van der Waals surface area contributed by atoms with Crippen LogP contribution in [0.1, 0.15) is 29.8 Å². The van der Waals surface area contributed by atoms with Crippen LogP contribution in [0.25, 0.3) is 0 Å². The molecule has 12 nitrogen and oxygen atoms in total. The Balaban J connectivity index is 1.64. The Morgan fingerprint density at radius 2 is 1.84 bits per heavy atom. The molecule has 194 valence electrons. The molecule has 3 N–H and O–H groups in total. The fraction of sp³-hybridized carbons (Fsp3) is 0.292. The van der Waals surface area contributed by atoms with Crippen molar-refractivity contribution in [1.82, 2.24) is 20.3 Å². The van der Waals surface area contributed by atoms with E-state index in [1.807, 2.05) is 18.7 Å². The van der Waals surface area contributed by atoms with Gasteiger partial charge in [-0.05, 0) is 49.7 Å². The molecule has 0 saturated carbocycles. The number of hydrogen-bond acceptors (Lipinski definition) is 9. The van der Waals surface area contributed by atoms with Gasteiger partial charge in [-0.15, -0.1) is 0 Å². The van der Waals surface area contributed by atoms with Crippen LogP contribution in [0.3, 0.4) is 0 Å². The zero-order chi connectivity index (χ0) is 26.7. The first-order valence-corrected chi connectivity index (χ1v) is 13.4. The van der Waals surface area contributed by atoms with Gasteiger partial charge in [-0.2, -0.15) is 4.98 Å². The second-order valence-electron chi connectivity index (χ2n) is 8.91. The predicted octanol–water partition coefficient (Wildman–Crippen LogP) is 2.11. The lowest BCUT2D eigenvalue weighted by Gasteiger charge is -2.36. The molecule has 0 bridgehead atoms. The molecule has 3 aromatic rings. The van der Waals surface area contributed by atoms with Gasteiger partial charge in [0.2, 0.25) is 21.9 Å². The zero-order valence-corrected chi connectivity index (χ0v) is 21.7. The quantitative estimate of drug-likeness (QED) is 0.403. The molecule has 0 saturated heterocycles. The number of likely N-dealkylation sites (N-methyl/N-ethyl adjacent to an activating group) is 1. The topological polar surface area (TPSA) is 150 Å². The molecule has 1 aliphatic heterocycles. The normalized spacial score (nSPS) is 13.4.